The zero-order chi connectivity index (χ0) is 20.5. The Bertz CT molecular complexity index is 941. The summed E-state index contributed by atoms with van der Waals surface area (Å²) in [6.45, 7) is 1.55. The molecule has 5 heteroatoms. The number of nitrogens with one attached hydrogen (secondary N) is 1. The number of para-hydroxylation sites is 3. The van der Waals surface area contributed by atoms with Crippen molar-refractivity contribution in [2.24, 2.45) is 0 Å². The van der Waals surface area contributed by atoms with Gasteiger partial charge in [-0.1, -0.05) is 67.6 Å². The number of esters is 1. The van der Waals surface area contributed by atoms with Gasteiger partial charge in [-0.3, -0.25) is 9.59 Å². The van der Waals surface area contributed by atoms with Crippen LogP contribution < -0.4 is 10.1 Å². The fourth-order valence-electron chi connectivity index (χ4n) is 2.92. The number of hydrogen-bond acceptors (Lipinski definition) is 4. The van der Waals surface area contributed by atoms with Crippen LogP contribution in [0.2, 0.25) is 0 Å². The predicted octanol–water partition coefficient (Wildman–Crippen LogP) is 5.15. The number of hydrogen-bond donors (Lipinski definition) is 1. The maximum Gasteiger partial charge on any atom is 0.313 e. The molecule has 0 fully saturated rings. The van der Waals surface area contributed by atoms with E-state index in [1.807, 2.05) is 73.7 Å². The van der Waals surface area contributed by atoms with Crippen molar-refractivity contribution in [1.29, 1.82) is 0 Å². The summed E-state index contributed by atoms with van der Waals surface area (Å²) in [6.07, 6.45) is 0.595. The van der Waals surface area contributed by atoms with Gasteiger partial charge in [-0.05, 0) is 36.2 Å². The maximum atomic E-state index is 12.4. The zero-order valence-electron chi connectivity index (χ0n) is 16.2. The minimum absolute atomic E-state index is 0.359. The van der Waals surface area contributed by atoms with Crippen molar-refractivity contribution in [3.63, 3.8) is 0 Å². The van der Waals surface area contributed by atoms with E-state index in [0.717, 1.165) is 5.56 Å². The molecule has 1 N–H and O–H groups in total. The quantitative estimate of drug-likeness (QED) is 0.541. The Hall–Kier alpha value is -3.60. The second kappa shape index (κ2) is 10.1. The standard InChI is InChI=1S/C24H23NO4/c1-2-20(18-11-5-3-6-12-18)24(27)28-17-23(26)25-21-15-9-10-16-22(21)29-19-13-7-4-8-14-19/h3-16,20H,2,17H2,1H3,(H,25,26)/t20-/m0/s1. The first-order valence-electron chi connectivity index (χ1n) is 9.50. The van der Waals surface area contributed by atoms with Crippen molar-refractivity contribution in [2.75, 3.05) is 11.9 Å². The van der Waals surface area contributed by atoms with Crippen LogP contribution in [0.4, 0.5) is 5.69 Å². The molecule has 0 unspecified atom stereocenters. The average Bonchev–Trinajstić information content (AvgIpc) is 2.76. The smallest absolute Gasteiger partial charge is 0.313 e. The third-order valence-electron chi connectivity index (χ3n) is 4.37. The van der Waals surface area contributed by atoms with Crippen LogP contribution in [0, 0.1) is 0 Å². The molecule has 0 aliphatic heterocycles. The molecule has 1 atom stereocenters. The van der Waals surface area contributed by atoms with Gasteiger partial charge >= 0.3 is 5.97 Å². The fourth-order valence-corrected chi connectivity index (χ4v) is 2.92. The molecule has 0 spiro atoms. The summed E-state index contributed by atoms with van der Waals surface area (Å²) in [5.41, 5.74) is 1.38. The summed E-state index contributed by atoms with van der Waals surface area (Å²) in [4.78, 5) is 24.7. The van der Waals surface area contributed by atoms with Gasteiger partial charge in [0.05, 0.1) is 11.6 Å². The van der Waals surface area contributed by atoms with Crippen molar-refractivity contribution in [1.82, 2.24) is 0 Å². The minimum atomic E-state index is -0.426. The SMILES string of the molecule is CC[C@H](C(=O)OCC(=O)Nc1ccccc1Oc1ccccc1)c1ccccc1. The highest BCUT2D eigenvalue weighted by atomic mass is 16.5. The first-order chi connectivity index (χ1) is 14.2. The second-order valence-corrected chi connectivity index (χ2v) is 6.44. The van der Waals surface area contributed by atoms with Crippen LogP contribution in [0.3, 0.4) is 0 Å². The van der Waals surface area contributed by atoms with E-state index in [1.54, 1.807) is 18.2 Å². The van der Waals surface area contributed by atoms with Crippen molar-refractivity contribution in [2.45, 2.75) is 19.3 Å². The Morgan fingerprint density at radius 3 is 2.17 bits per heavy atom. The molecule has 0 aliphatic rings. The molecule has 5 nitrogen and oxygen atoms in total. The van der Waals surface area contributed by atoms with Gasteiger partial charge in [0.25, 0.3) is 5.91 Å². The number of amides is 1. The Balaban J connectivity index is 1.59. The molecule has 3 aromatic carbocycles. The first kappa shape index (κ1) is 20.1. The van der Waals surface area contributed by atoms with Crippen LogP contribution >= 0.6 is 0 Å². The van der Waals surface area contributed by atoms with Gasteiger partial charge < -0.3 is 14.8 Å². The lowest BCUT2D eigenvalue weighted by Gasteiger charge is -2.15. The van der Waals surface area contributed by atoms with Gasteiger partial charge in [0.1, 0.15) is 5.75 Å². The van der Waals surface area contributed by atoms with E-state index in [-0.39, 0.29) is 6.61 Å². The molecule has 0 aromatic heterocycles. The molecular formula is C24H23NO4. The van der Waals surface area contributed by atoms with Gasteiger partial charge in [-0.2, -0.15) is 0 Å². The van der Waals surface area contributed by atoms with E-state index < -0.39 is 17.8 Å². The third-order valence-corrected chi connectivity index (χ3v) is 4.37. The number of rotatable bonds is 8. The molecule has 3 rings (SSSR count). The number of benzene rings is 3. The summed E-state index contributed by atoms with van der Waals surface area (Å²) < 4.78 is 11.1. The van der Waals surface area contributed by atoms with Crippen molar-refractivity contribution in [3.05, 3.63) is 90.5 Å². The van der Waals surface area contributed by atoms with Gasteiger partial charge in [0.15, 0.2) is 12.4 Å². The monoisotopic (exact) mass is 389 g/mol. The highest BCUT2D eigenvalue weighted by Crippen LogP contribution is 2.29. The molecule has 0 heterocycles. The lowest BCUT2D eigenvalue weighted by molar-refractivity contribution is -0.149. The van der Waals surface area contributed by atoms with Gasteiger partial charge in [0, 0.05) is 0 Å². The van der Waals surface area contributed by atoms with Crippen LogP contribution in [0.25, 0.3) is 0 Å². The van der Waals surface area contributed by atoms with Crippen LogP contribution in [0.5, 0.6) is 11.5 Å². The summed E-state index contributed by atoms with van der Waals surface area (Å²) in [5.74, 6) is -0.0610. The lowest BCUT2D eigenvalue weighted by Crippen LogP contribution is -2.24. The summed E-state index contributed by atoms with van der Waals surface area (Å²) in [5, 5.41) is 2.74. The number of carbonyl (C=O) groups is 2. The summed E-state index contributed by atoms with van der Waals surface area (Å²) in [6, 6.07) is 25.8. The predicted molar refractivity (Wildman–Crippen MR) is 112 cm³/mol. The molecule has 0 aliphatic carbocycles. The van der Waals surface area contributed by atoms with E-state index >= 15 is 0 Å². The first-order valence-corrected chi connectivity index (χ1v) is 9.50. The average molecular weight is 389 g/mol. The molecule has 0 saturated heterocycles. The van der Waals surface area contributed by atoms with E-state index in [1.165, 1.54) is 0 Å². The molecule has 0 radical (unpaired) electrons. The topological polar surface area (TPSA) is 64.6 Å². The number of ether oxygens (including phenoxy) is 2. The van der Waals surface area contributed by atoms with Crippen LogP contribution in [-0.2, 0) is 14.3 Å². The largest absolute Gasteiger partial charge is 0.455 e. The molecule has 148 valence electrons. The lowest BCUT2D eigenvalue weighted by atomic mass is 9.97. The molecule has 29 heavy (non-hydrogen) atoms. The molecule has 0 saturated carbocycles. The Morgan fingerprint density at radius 1 is 0.862 bits per heavy atom. The highest BCUT2D eigenvalue weighted by Gasteiger charge is 2.21. The molecule has 3 aromatic rings. The fraction of sp³-hybridized carbons (Fsp3) is 0.167. The third kappa shape index (κ3) is 5.69. The van der Waals surface area contributed by atoms with Crippen LogP contribution in [0.1, 0.15) is 24.8 Å². The van der Waals surface area contributed by atoms with Crippen molar-refractivity contribution in [3.8, 4) is 11.5 Å². The van der Waals surface area contributed by atoms with E-state index in [9.17, 15) is 9.59 Å². The van der Waals surface area contributed by atoms with Crippen molar-refractivity contribution >= 4 is 17.6 Å². The Kier molecular flexibility index (Phi) is 7.00. The normalized spacial score (nSPS) is 11.3. The number of carbonyl (C=O) groups excluding carboxylic acids is 2. The maximum absolute atomic E-state index is 12.4. The summed E-state index contributed by atoms with van der Waals surface area (Å²) >= 11 is 0. The molecular weight excluding hydrogens is 366 g/mol. The summed E-state index contributed by atoms with van der Waals surface area (Å²) in [7, 11) is 0. The minimum Gasteiger partial charge on any atom is -0.455 e. The highest BCUT2D eigenvalue weighted by molar-refractivity contribution is 5.94. The van der Waals surface area contributed by atoms with Gasteiger partial charge in [-0.15, -0.1) is 0 Å². The zero-order valence-corrected chi connectivity index (χ0v) is 16.2. The van der Waals surface area contributed by atoms with E-state index in [4.69, 9.17) is 9.47 Å². The second-order valence-electron chi connectivity index (χ2n) is 6.44. The van der Waals surface area contributed by atoms with Crippen molar-refractivity contribution < 1.29 is 19.1 Å². The Labute approximate surface area is 170 Å². The van der Waals surface area contributed by atoms with Crippen LogP contribution in [-0.4, -0.2) is 18.5 Å². The Morgan fingerprint density at radius 2 is 1.48 bits per heavy atom. The molecule has 0 bridgehead atoms. The van der Waals surface area contributed by atoms with E-state index in [2.05, 4.69) is 5.32 Å². The van der Waals surface area contributed by atoms with Gasteiger partial charge in [0.2, 0.25) is 0 Å². The van der Waals surface area contributed by atoms with E-state index in [0.29, 0.717) is 23.6 Å². The van der Waals surface area contributed by atoms with Gasteiger partial charge in [-0.25, -0.2) is 0 Å². The molecule has 1 amide bonds. The number of anilines is 1. The van der Waals surface area contributed by atoms with Crippen LogP contribution in [0.15, 0.2) is 84.9 Å².